The molecule has 1 heteroatoms. The Labute approximate surface area is 119 Å². The molecular formula is C16H16Ti. The van der Waals surface area contributed by atoms with Crippen molar-refractivity contribution in [3.8, 4) is 0 Å². The van der Waals surface area contributed by atoms with Crippen molar-refractivity contribution < 1.29 is 21.7 Å². The summed E-state index contributed by atoms with van der Waals surface area (Å²) in [7, 11) is 0. The smallest absolute Gasteiger partial charge is 0.273 e. The SMILES string of the molecule is C=C1C=CC=C1.[C-]1=CC=CC1.[C-]1=CC=CC1.[Ti+2]. The van der Waals surface area contributed by atoms with Crippen LogP contribution in [0.5, 0.6) is 0 Å². The molecule has 0 aromatic carbocycles. The van der Waals surface area contributed by atoms with Crippen LogP contribution >= 0.6 is 0 Å². The Morgan fingerprint density at radius 1 is 0.824 bits per heavy atom. The van der Waals surface area contributed by atoms with Crippen molar-refractivity contribution in [3.63, 3.8) is 0 Å². The standard InChI is InChI=1S/C6H6.2C5H5.Ti/c1-6-4-2-3-5-6;2*1-2-4-5-3-1;/h2-5H,1H2;2*1-3H,4H2;/q;2*-1;+2. The maximum Gasteiger partial charge on any atom is 2.00 e. The van der Waals surface area contributed by atoms with Gasteiger partial charge in [0, 0.05) is 0 Å². The first-order chi connectivity index (χ1) is 7.89. The predicted molar refractivity (Wildman–Crippen MR) is 70.6 cm³/mol. The topological polar surface area (TPSA) is 0 Å². The van der Waals surface area contributed by atoms with Crippen LogP contribution in [0.25, 0.3) is 0 Å². The monoisotopic (exact) mass is 256 g/mol. The average Bonchev–Trinajstić information content (AvgIpc) is 3.07. The van der Waals surface area contributed by atoms with E-state index in [0.717, 1.165) is 18.4 Å². The molecule has 0 spiro atoms. The minimum Gasteiger partial charge on any atom is -0.273 e. The van der Waals surface area contributed by atoms with E-state index >= 15 is 0 Å². The van der Waals surface area contributed by atoms with Gasteiger partial charge in [0.2, 0.25) is 0 Å². The van der Waals surface area contributed by atoms with E-state index in [1.807, 2.05) is 48.6 Å². The Hall–Kier alpha value is -1.11. The number of allylic oxidation sites excluding steroid dienone is 13. The van der Waals surface area contributed by atoms with E-state index in [1.165, 1.54) is 0 Å². The van der Waals surface area contributed by atoms with Crippen molar-refractivity contribution >= 4 is 0 Å². The molecule has 3 aliphatic rings. The van der Waals surface area contributed by atoms with Crippen LogP contribution in [0.2, 0.25) is 0 Å². The van der Waals surface area contributed by atoms with E-state index in [9.17, 15) is 0 Å². The molecule has 0 saturated heterocycles. The number of hydrogen-bond acceptors (Lipinski definition) is 0. The van der Waals surface area contributed by atoms with Gasteiger partial charge in [-0.15, -0.1) is 12.8 Å². The van der Waals surface area contributed by atoms with Crippen molar-refractivity contribution in [2.45, 2.75) is 12.8 Å². The minimum absolute atomic E-state index is 0. The normalized spacial score (nSPS) is 16.4. The maximum atomic E-state index is 3.68. The summed E-state index contributed by atoms with van der Waals surface area (Å²) in [4.78, 5) is 0. The molecule has 0 bridgehead atoms. The predicted octanol–water partition coefficient (Wildman–Crippen LogP) is 4.28. The molecule has 0 amide bonds. The molecule has 3 aliphatic carbocycles. The Morgan fingerprint density at radius 3 is 1.41 bits per heavy atom. The van der Waals surface area contributed by atoms with Gasteiger partial charge < -0.3 is 0 Å². The fourth-order valence-electron chi connectivity index (χ4n) is 1.09. The molecule has 0 atom stereocenters. The zero-order valence-electron chi connectivity index (χ0n) is 9.89. The van der Waals surface area contributed by atoms with E-state index in [2.05, 4.69) is 30.9 Å². The van der Waals surface area contributed by atoms with Crippen LogP contribution in [0.4, 0.5) is 0 Å². The molecule has 3 rings (SSSR count). The van der Waals surface area contributed by atoms with E-state index in [4.69, 9.17) is 0 Å². The van der Waals surface area contributed by atoms with E-state index in [1.54, 1.807) is 0 Å². The van der Waals surface area contributed by atoms with E-state index < -0.39 is 0 Å². The van der Waals surface area contributed by atoms with Crippen molar-refractivity contribution in [2.24, 2.45) is 0 Å². The quantitative estimate of drug-likeness (QED) is 0.448. The van der Waals surface area contributed by atoms with Crippen LogP contribution in [0.1, 0.15) is 12.8 Å². The molecule has 0 fully saturated rings. The summed E-state index contributed by atoms with van der Waals surface area (Å²) in [5.74, 6) is 0. The molecule has 0 nitrogen and oxygen atoms in total. The second-order valence-electron chi connectivity index (χ2n) is 3.30. The summed E-state index contributed by atoms with van der Waals surface area (Å²) >= 11 is 0. The molecule has 0 aromatic heterocycles. The first-order valence-corrected chi connectivity index (χ1v) is 5.37. The zero-order valence-corrected chi connectivity index (χ0v) is 11.5. The average molecular weight is 256 g/mol. The molecule has 0 radical (unpaired) electrons. The van der Waals surface area contributed by atoms with Gasteiger partial charge in [0.15, 0.2) is 0 Å². The molecule has 17 heavy (non-hydrogen) atoms. The summed E-state index contributed by atoms with van der Waals surface area (Å²) < 4.78 is 0. The minimum atomic E-state index is 0. The summed E-state index contributed by atoms with van der Waals surface area (Å²) in [6, 6.07) is 0. The zero-order chi connectivity index (χ0) is 11.5. The van der Waals surface area contributed by atoms with Gasteiger partial charge in [0.05, 0.1) is 0 Å². The summed E-state index contributed by atoms with van der Waals surface area (Å²) in [6.07, 6.45) is 27.9. The second-order valence-corrected chi connectivity index (χ2v) is 3.30. The molecular weight excluding hydrogens is 240 g/mol. The van der Waals surface area contributed by atoms with Crippen LogP contribution in [0.3, 0.4) is 0 Å². The molecule has 0 saturated carbocycles. The first kappa shape index (κ1) is 15.9. The van der Waals surface area contributed by atoms with E-state index in [0.29, 0.717) is 0 Å². The van der Waals surface area contributed by atoms with Crippen molar-refractivity contribution in [3.05, 3.63) is 85.1 Å². The molecule has 0 aromatic rings. The van der Waals surface area contributed by atoms with Gasteiger partial charge in [-0.25, -0.2) is 24.3 Å². The Bertz CT molecular complexity index is 320. The van der Waals surface area contributed by atoms with Gasteiger partial charge in [-0.3, -0.25) is 12.2 Å². The Morgan fingerprint density at radius 2 is 1.29 bits per heavy atom. The summed E-state index contributed by atoms with van der Waals surface area (Å²) in [5, 5.41) is 0. The summed E-state index contributed by atoms with van der Waals surface area (Å²) in [5.41, 5.74) is 1.09. The number of hydrogen-bond donors (Lipinski definition) is 0. The van der Waals surface area contributed by atoms with Gasteiger partial charge in [-0.1, -0.05) is 30.9 Å². The molecule has 0 heterocycles. The fraction of sp³-hybridized carbons (Fsp3) is 0.125. The maximum absolute atomic E-state index is 3.68. The summed E-state index contributed by atoms with van der Waals surface area (Å²) in [6.45, 7) is 3.68. The Kier molecular flexibility index (Phi) is 10.6. The van der Waals surface area contributed by atoms with Gasteiger partial charge in [0.1, 0.15) is 0 Å². The second kappa shape index (κ2) is 11.4. The third-order valence-corrected chi connectivity index (χ3v) is 1.90. The van der Waals surface area contributed by atoms with Crippen LogP contribution in [0, 0.1) is 12.2 Å². The van der Waals surface area contributed by atoms with Crippen LogP contribution in [0.15, 0.2) is 72.9 Å². The third-order valence-electron chi connectivity index (χ3n) is 1.90. The van der Waals surface area contributed by atoms with Crippen molar-refractivity contribution in [1.29, 1.82) is 0 Å². The molecule has 0 aliphatic heterocycles. The van der Waals surface area contributed by atoms with Crippen LogP contribution in [-0.2, 0) is 21.7 Å². The third kappa shape index (κ3) is 9.80. The van der Waals surface area contributed by atoms with Gasteiger partial charge in [-0.05, 0) is 5.57 Å². The van der Waals surface area contributed by atoms with E-state index in [-0.39, 0.29) is 21.7 Å². The Balaban J connectivity index is 0.000000221. The fourth-order valence-corrected chi connectivity index (χ4v) is 1.09. The molecule has 0 unspecified atom stereocenters. The van der Waals surface area contributed by atoms with Crippen molar-refractivity contribution in [1.82, 2.24) is 0 Å². The number of rotatable bonds is 0. The first-order valence-electron chi connectivity index (χ1n) is 5.37. The van der Waals surface area contributed by atoms with Crippen LogP contribution in [-0.4, -0.2) is 0 Å². The van der Waals surface area contributed by atoms with Gasteiger partial charge in [0.25, 0.3) is 0 Å². The largest absolute Gasteiger partial charge is 2.00 e. The van der Waals surface area contributed by atoms with Gasteiger partial charge >= 0.3 is 21.7 Å². The molecule has 0 N–H and O–H groups in total. The molecule has 84 valence electrons. The van der Waals surface area contributed by atoms with Crippen LogP contribution < -0.4 is 0 Å². The van der Waals surface area contributed by atoms with Gasteiger partial charge in [-0.2, -0.15) is 12.2 Å². The van der Waals surface area contributed by atoms with Crippen molar-refractivity contribution in [2.75, 3.05) is 0 Å².